The van der Waals surface area contributed by atoms with Crippen LogP contribution in [0.2, 0.25) is 5.02 Å². The van der Waals surface area contributed by atoms with Gasteiger partial charge in [-0.1, -0.05) is 41.6 Å². The minimum absolute atomic E-state index is 0.0783. The fourth-order valence-corrected chi connectivity index (χ4v) is 9.29. The first kappa shape index (κ1) is 38.9. The van der Waals surface area contributed by atoms with Gasteiger partial charge in [-0.3, -0.25) is 59.7 Å². The third-order valence-electron chi connectivity index (χ3n) is 11.0. The number of hydrogen-bond acceptors (Lipinski definition) is 11. The van der Waals surface area contributed by atoms with E-state index in [4.69, 9.17) is 27.4 Å². The molecule has 3 N–H and O–H groups in total. The highest BCUT2D eigenvalue weighted by Crippen LogP contribution is 2.40. The Kier molecular flexibility index (Phi) is 10.6. The quantitative estimate of drug-likeness (QED) is 0.102. The summed E-state index contributed by atoms with van der Waals surface area (Å²) >= 11 is 7.66. The van der Waals surface area contributed by atoms with Gasteiger partial charge in [-0.05, 0) is 63.4 Å². The normalized spacial score (nSPS) is 19.7. The number of aromatic nitrogens is 2. The molecule has 2 aromatic carbocycles. The Hall–Kier alpha value is -5.95. The van der Waals surface area contributed by atoms with Gasteiger partial charge >= 0.3 is 0 Å². The van der Waals surface area contributed by atoms with Gasteiger partial charge in [-0.15, -0.1) is 11.3 Å². The van der Waals surface area contributed by atoms with E-state index in [9.17, 15) is 19.2 Å². The number of piperidine rings is 1. The Morgan fingerprint density at radius 2 is 1.76 bits per heavy atom. The lowest BCUT2D eigenvalue weighted by Gasteiger charge is -2.36. The Labute approximate surface area is 344 Å². The van der Waals surface area contributed by atoms with Gasteiger partial charge in [0.05, 0.1) is 39.2 Å². The molecule has 4 amide bonds. The number of nitrogens with zero attached hydrogens (tertiary/aromatic N) is 7. The highest BCUT2D eigenvalue weighted by atomic mass is 35.5. The van der Waals surface area contributed by atoms with Gasteiger partial charge in [0, 0.05) is 68.0 Å². The number of carbonyl (C=O) groups excluding carboxylic acids is 4. The number of aryl methyl sites for hydroxylation is 1. The van der Waals surface area contributed by atoms with E-state index in [1.807, 2.05) is 55.1 Å². The van der Waals surface area contributed by atoms with Crippen LogP contribution in [0.1, 0.15) is 81.0 Å². The van der Waals surface area contributed by atoms with E-state index in [0.717, 1.165) is 68.8 Å². The van der Waals surface area contributed by atoms with E-state index in [-0.39, 0.29) is 30.1 Å². The number of aliphatic imine (C=N–C) groups is 1. The average molecular weight is 817 g/mol. The lowest BCUT2D eigenvalue weighted by molar-refractivity contribution is -0.136. The predicted octanol–water partition coefficient (Wildman–Crippen LogP) is 4.94. The SMILES string of the molecule is CC(=N)N1C(=N)[C@H](C)N=C(c2ccc(Cl)cc2)c2c1sc(C#Cc1cnn(CCCN3CCN(c4cccc5c4C(=O)N(C4CCC(=O)NC4=O)C5=O)CC3)c1)c2C. The number of halogens is 1. The van der Waals surface area contributed by atoms with Crippen LogP contribution in [0.4, 0.5) is 10.7 Å². The number of rotatable bonds is 7. The summed E-state index contributed by atoms with van der Waals surface area (Å²) in [5.74, 6) is 5.08. The van der Waals surface area contributed by atoms with Crippen molar-refractivity contribution in [3.8, 4) is 11.8 Å². The summed E-state index contributed by atoms with van der Waals surface area (Å²) in [7, 11) is 0. The molecule has 14 nitrogen and oxygen atoms in total. The molecule has 1 unspecified atom stereocenters. The molecule has 2 fully saturated rings. The van der Waals surface area contributed by atoms with E-state index in [1.54, 1.807) is 30.2 Å². The summed E-state index contributed by atoms with van der Waals surface area (Å²) in [6.45, 7) is 10.0. The Morgan fingerprint density at radius 1 is 1.00 bits per heavy atom. The zero-order valence-electron chi connectivity index (χ0n) is 32.3. The van der Waals surface area contributed by atoms with Crippen LogP contribution in [0.3, 0.4) is 0 Å². The maximum atomic E-state index is 13.6. The van der Waals surface area contributed by atoms with Crippen LogP contribution < -0.4 is 15.1 Å². The Morgan fingerprint density at radius 3 is 2.48 bits per heavy atom. The summed E-state index contributed by atoms with van der Waals surface area (Å²) in [5.41, 5.74) is 5.51. The number of hydrogen-bond donors (Lipinski definition) is 3. The number of amidine groups is 2. The second kappa shape index (κ2) is 15.8. The number of carbonyl (C=O) groups is 4. The number of fused-ring (bicyclic) bond motifs is 2. The van der Waals surface area contributed by atoms with Crippen molar-refractivity contribution in [3.05, 3.63) is 98.1 Å². The van der Waals surface area contributed by atoms with Crippen LogP contribution >= 0.6 is 22.9 Å². The average Bonchev–Trinajstić information content (AvgIpc) is 3.84. The maximum absolute atomic E-state index is 13.6. The van der Waals surface area contributed by atoms with Crippen LogP contribution in [0.25, 0.3) is 0 Å². The lowest BCUT2D eigenvalue weighted by atomic mass is 9.99. The molecule has 58 heavy (non-hydrogen) atoms. The third-order valence-corrected chi connectivity index (χ3v) is 12.4. The highest BCUT2D eigenvalue weighted by Gasteiger charge is 2.46. The first-order valence-corrected chi connectivity index (χ1v) is 20.4. The first-order valence-electron chi connectivity index (χ1n) is 19.2. The van der Waals surface area contributed by atoms with Crippen LogP contribution in [-0.2, 0) is 16.1 Å². The zero-order chi connectivity index (χ0) is 40.8. The zero-order valence-corrected chi connectivity index (χ0v) is 33.8. The van der Waals surface area contributed by atoms with Crippen LogP contribution in [-0.4, -0.2) is 105 Å². The topological polar surface area (TPSA) is 171 Å². The number of piperazine rings is 1. The second-order valence-electron chi connectivity index (χ2n) is 14.8. The molecule has 4 aromatic rings. The smallest absolute Gasteiger partial charge is 0.264 e. The van der Waals surface area contributed by atoms with Crippen LogP contribution in [0.15, 0.2) is 59.9 Å². The molecule has 6 heterocycles. The van der Waals surface area contributed by atoms with Gasteiger partial charge < -0.3 is 4.90 Å². The molecular weight excluding hydrogens is 776 g/mol. The third kappa shape index (κ3) is 7.23. The number of thiophene rings is 1. The molecule has 0 radical (unpaired) electrons. The number of nitrogens with one attached hydrogen (secondary N) is 3. The Bertz CT molecular complexity index is 2490. The Balaban J connectivity index is 0.896. The maximum Gasteiger partial charge on any atom is 0.264 e. The standard InChI is InChI=1S/C42H41ClN10O4S/c1-24-33(58-42-35(24)37(28-9-11-29(43)12-10-28)47-25(2)38(45)52(42)26(3)44)14-8-27-22-46-51(23-27)17-5-16-49-18-20-50(21-19-49)31-7-4-6-30-36(31)41(57)53(40(30)56)32-13-15-34(54)48-39(32)55/h4,6-7,9-12,22-23,25,32,44-45H,5,13,15-21H2,1-3H3,(H,48,54,55)/t25-,32?/m0/s1. The number of anilines is 2. The van der Waals surface area contributed by atoms with E-state index in [0.29, 0.717) is 35.9 Å². The van der Waals surface area contributed by atoms with E-state index < -0.39 is 35.7 Å². The predicted molar refractivity (Wildman–Crippen MR) is 224 cm³/mol. The van der Waals surface area contributed by atoms with Crippen molar-refractivity contribution in [2.75, 3.05) is 42.5 Å². The molecule has 16 heteroatoms. The molecule has 296 valence electrons. The molecule has 0 aliphatic carbocycles. The number of imide groups is 2. The fourth-order valence-electron chi connectivity index (χ4n) is 7.94. The van der Waals surface area contributed by atoms with Crippen molar-refractivity contribution < 1.29 is 19.2 Å². The number of benzene rings is 2. The van der Waals surface area contributed by atoms with E-state index in [2.05, 4.69) is 32.1 Å². The summed E-state index contributed by atoms with van der Waals surface area (Å²) < 4.78 is 1.90. The van der Waals surface area contributed by atoms with Crippen molar-refractivity contribution in [3.63, 3.8) is 0 Å². The van der Waals surface area contributed by atoms with E-state index in [1.165, 1.54) is 11.3 Å². The molecule has 4 aliphatic rings. The molecule has 4 aliphatic heterocycles. The lowest BCUT2D eigenvalue weighted by Crippen LogP contribution is -2.54. The van der Waals surface area contributed by atoms with Gasteiger partial charge in [-0.25, -0.2) is 0 Å². The molecule has 2 aromatic heterocycles. The highest BCUT2D eigenvalue weighted by molar-refractivity contribution is 7.17. The molecular formula is C42H41ClN10O4S. The van der Waals surface area contributed by atoms with Crippen molar-refractivity contribution in [2.45, 2.75) is 58.7 Å². The van der Waals surface area contributed by atoms with Gasteiger partial charge in [0.15, 0.2) is 0 Å². The van der Waals surface area contributed by atoms with Crippen LogP contribution in [0, 0.1) is 29.6 Å². The minimum Gasteiger partial charge on any atom is -0.368 e. The fraction of sp³-hybridized carbons (Fsp3) is 0.333. The molecule has 0 saturated carbocycles. The molecule has 2 saturated heterocycles. The molecule has 8 rings (SSSR count). The van der Waals surface area contributed by atoms with Crippen molar-refractivity contribution in [1.29, 1.82) is 10.8 Å². The van der Waals surface area contributed by atoms with Crippen molar-refractivity contribution >= 4 is 74.6 Å². The summed E-state index contributed by atoms with van der Waals surface area (Å²) in [6.07, 6.45) is 4.77. The summed E-state index contributed by atoms with van der Waals surface area (Å²) in [4.78, 5) is 64.1. The molecule has 0 bridgehead atoms. The minimum atomic E-state index is -0.997. The summed E-state index contributed by atoms with van der Waals surface area (Å²) in [5, 5.41) is 25.6. The second-order valence-corrected chi connectivity index (χ2v) is 16.2. The van der Waals surface area contributed by atoms with Gasteiger partial charge in [0.1, 0.15) is 28.8 Å². The van der Waals surface area contributed by atoms with Crippen LogP contribution in [0.5, 0.6) is 0 Å². The van der Waals surface area contributed by atoms with Gasteiger partial charge in [0.2, 0.25) is 11.8 Å². The molecule has 2 atom stereocenters. The first-order chi connectivity index (χ1) is 27.9. The van der Waals surface area contributed by atoms with Crippen molar-refractivity contribution in [1.82, 2.24) is 24.9 Å². The molecule has 0 spiro atoms. The monoisotopic (exact) mass is 816 g/mol. The largest absolute Gasteiger partial charge is 0.368 e. The number of amides is 4. The summed E-state index contributed by atoms with van der Waals surface area (Å²) in [6, 6.07) is 11.3. The van der Waals surface area contributed by atoms with Gasteiger partial charge in [0.25, 0.3) is 11.8 Å². The van der Waals surface area contributed by atoms with E-state index >= 15 is 0 Å². The van der Waals surface area contributed by atoms with Gasteiger partial charge in [-0.2, -0.15) is 5.10 Å². The van der Waals surface area contributed by atoms with Crippen molar-refractivity contribution in [2.24, 2.45) is 4.99 Å².